The van der Waals surface area contributed by atoms with Gasteiger partial charge in [-0.3, -0.25) is 0 Å². The number of halogens is 4. The van der Waals surface area contributed by atoms with E-state index >= 15 is 0 Å². The van der Waals surface area contributed by atoms with Crippen LogP contribution in [-0.2, 0) is 0 Å². The Balaban J connectivity index is 2.37. The predicted octanol–water partition coefficient (Wildman–Crippen LogP) is 4.76. The summed E-state index contributed by atoms with van der Waals surface area (Å²) >= 11 is 8.85. The van der Waals surface area contributed by atoms with Crippen LogP contribution in [-0.4, -0.2) is 0 Å². The summed E-state index contributed by atoms with van der Waals surface area (Å²) in [5.74, 6) is -1.24. The number of rotatable bonds is 2. The van der Waals surface area contributed by atoms with Crippen molar-refractivity contribution in [3.63, 3.8) is 0 Å². The molecule has 2 rings (SSSR count). The van der Waals surface area contributed by atoms with Gasteiger partial charge in [-0.05, 0) is 34.1 Å². The Morgan fingerprint density at radius 2 is 1.78 bits per heavy atom. The topological polar surface area (TPSA) is 35.2 Å². The molecular weight excluding hydrogens is 327 g/mol. The third-order valence-corrected chi connectivity index (χ3v) is 3.05. The maximum absolute atomic E-state index is 13.5. The Bertz CT molecular complexity index is 607. The normalized spacial score (nSPS) is 10.4. The quantitative estimate of drug-likeness (QED) is 0.635. The fourth-order valence-electron chi connectivity index (χ4n) is 1.30. The Morgan fingerprint density at radius 3 is 2.44 bits per heavy atom. The molecule has 0 aliphatic carbocycles. The molecule has 0 aliphatic rings. The van der Waals surface area contributed by atoms with Crippen molar-refractivity contribution in [1.82, 2.24) is 0 Å². The number of nitrogen functional groups attached to an aromatic ring is 1. The smallest absolute Gasteiger partial charge is 0.167 e. The summed E-state index contributed by atoms with van der Waals surface area (Å²) < 4.78 is 32.2. The molecule has 0 amide bonds. The van der Waals surface area contributed by atoms with Crippen LogP contribution in [0.4, 0.5) is 14.5 Å². The Kier molecular flexibility index (Phi) is 3.73. The zero-order chi connectivity index (χ0) is 13.3. The molecule has 0 spiro atoms. The van der Waals surface area contributed by atoms with Crippen LogP contribution in [0, 0.1) is 11.6 Å². The van der Waals surface area contributed by atoms with E-state index in [-0.39, 0.29) is 26.7 Å². The summed E-state index contributed by atoms with van der Waals surface area (Å²) in [4.78, 5) is 0. The molecule has 0 unspecified atom stereocenters. The van der Waals surface area contributed by atoms with Gasteiger partial charge in [0.1, 0.15) is 11.6 Å². The first-order valence-corrected chi connectivity index (χ1v) is 6.02. The predicted molar refractivity (Wildman–Crippen MR) is 70.0 cm³/mol. The largest absolute Gasteiger partial charge is 0.453 e. The van der Waals surface area contributed by atoms with Gasteiger partial charge in [-0.2, -0.15) is 0 Å². The fourth-order valence-corrected chi connectivity index (χ4v) is 1.98. The molecule has 0 fully saturated rings. The molecule has 18 heavy (non-hydrogen) atoms. The van der Waals surface area contributed by atoms with Crippen molar-refractivity contribution in [3.05, 3.63) is 51.5 Å². The van der Waals surface area contributed by atoms with E-state index in [0.717, 1.165) is 12.1 Å². The Hall–Kier alpha value is -1.33. The van der Waals surface area contributed by atoms with Gasteiger partial charge in [0, 0.05) is 17.8 Å². The third kappa shape index (κ3) is 2.73. The second-order valence-electron chi connectivity index (χ2n) is 3.49. The minimum Gasteiger partial charge on any atom is -0.453 e. The first-order chi connectivity index (χ1) is 8.47. The maximum Gasteiger partial charge on any atom is 0.167 e. The molecule has 2 aromatic rings. The van der Waals surface area contributed by atoms with Crippen LogP contribution in [0.1, 0.15) is 0 Å². The highest BCUT2D eigenvalue weighted by atomic mass is 79.9. The molecule has 0 aromatic heterocycles. The summed E-state index contributed by atoms with van der Waals surface area (Å²) in [5.41, 5.74) is 5.68. The summed E-state index contributed by atoms with van der Waals surface area (Å²) in [6.07, 6.45) is 0. The second-order valence-corrected chi connectivity index (χ2v) is 4.75. The van der Waals surface area contributed by atoms with Crippen molar-refractivity contribution < 1.29 is 13.5 Å². The Labute approximate surface area is 115 Å². The van der Waals surface area contributed by atoms with Gasteiger partial charge in [0.05, 0.1) is 9.50 Å². The number of ether oxygens (including phenoxy) is 1. The molecule has 2 nitrogen and oxygen atoms in total. The standard InChI is InChI=1S/C12H7BrClF2NO/c13-7-4-8(14)12(5-9(7)15)18-11-2-1-6(17)3-10(11)16/h1-5H,17H2. The highest BCUT2D eigenvalue weighted by Gasteiger charge is 2.11. The van der Waals surface area contributed by atoms with Crippen molar-refractivity contribution in [1.29, 1.82) is 0 Å². The number of hydrogen-bond acceptors (Lipinski definition) is 2. The van der Waals surface area contributed by atoms with Gasteiger partial charge >= 0.3 is 0 Å². The van der Waals surface area contributed by atoms with Crippen molar-refractivity contribution in [2.45, 2.75) is 0 Å². The van der Waals surface area contributed by atoms with E-state index in [1.807, 2.05) is 0 Å². The zero-order valence-corrected chi connectivity index (χ0v) is 11.2. The molecule has 0 bridgehead atoms. The van der Waals surface area contributed by atoms with Crippen LogP contribution in [0.3, 0.4) is 0 Å². The van der Waals surface area contributed by atoms with Crippen molar-refractivity contribution in [2.24, 2.45) is 0 Å². The summed E-state index contributed by atoms with van der Waals surface area (Å²) in [6.45, 7) is 0. The molecule has 0 heterocycles. The van der Waals surface area contributed by atoms with E-state index in [2.05, 4.69) is 15.9 Å². The summed E-state index contributed by atoms with van der Waals surface area (Å²) in [6, 6.07) is 6.34. The number of nitrogens with two attached hydrogens (primary N) is 1. The van der Waals surface area contributed by atoms with E-state index in [1.54, 1.807) is 0 Å². The number of hydrogen-bond donors (Lipinski definition) is 1. The molecular formula is C12H7BrClF2NO. The van der Waals surface area contributed by atoms with Crippen LogP contribution < -0.4 is 10.5 Å². The lowest BCUT2D eigenvalue weighted by atomic mass is 10.3. The van der Waals surface area contributed by atoms with Crippen LogP contribution >= 0.6 is 27.5 Å². The molecule has 0 radical (unpaired) electrons. The highest BCUT2D eigenvalue weighted by molar-refractivity contribution is 9.10. The first kappa shape index (κ1) is 13.1. The highest BCUT2D eigenvalue weighted by Crippen LogP contribution is 2.34. The van der Waals surface area contributed by atoms with Crippen LogP contribution in [0.5, 0.6) is 11.5 Å². The summed E-state index contributed by atoms with van der Waals surface area (Å²) in [7, 11) is 0. The van der Waals surface area contributed by atoms with Crippen LogP contribution in [0.15, 0.2) is 34.8 Å². The second kappa shape index (κ2) is 5.12. The number of benzene rings is 2. The lowest BCUT2D eigenvalue weighted by Gasteiger charge is -2.09. The van der Waals surface area contributed by atoms with E-state index in [1.165, 1.54) is 18.2 Å². The van der Waals surface area contributed by atoms with Gasteiger partial charge in [-0.1, -0.05) is 11.6 Å². The average molecular weight is 335 g/mol. The van der Waals surface area contributed by atoms with E-state index < -0.39 is 11.6 Å². The minimum absolute atomic E-state index is 0.0287. The monoisotopic (exact) mass is 333 g/mol. The van der Waals surface area contributed by atoms with E-state index in [4.69, 9.17) is 22.1 Å². The molecule has 2 aromatic carbocycles. The molecule has 6 heteroatoms. The SMILES string of the molecule is Nc1ccc(Oc2cc(F)c(Br)cc2Cl)c(F)c1. The minimum atomic E-state index is -0.644. The molecule has 0 saturated heterocycles. The van der Waals surface area contributed by atoms with Crippen LogP contribution in [0.25, 0.3) is 0 Å². The average Bonchev–Trinajstić information content (AvgIpc) is 2.29. The van der Waals surface area contributed by atoms with Gasteiger partial charge in [-0.15, -0.1) is 0 Å². The fraction of sp³-hybridized carbons (Fsp3) is 0. The molecule has 94 valence electrons. The molecule has 0 atom stereocenters. The first-order valence-electron chi connectivity index (χ1n) is 4.85. The van der Waals surface area contributed by atoms with Crippen molar-refractivity contribution >= 4 is 33.2 Å². The van der Waals surface area contributed by atoms with Gasteiger partial charge in [0.15, 0.2) is 11.6 Å². The molecule has 0 aliphatic heterocycles. The van der Waals surface area contributed by atoms with Gasteiger partial charge in [0.2, 0.25) is 0 Å². The Morgan fingerprint density at radius 1 is 1.06 bits per heavy atom. The third-order valence-electron chi connectivity index (χ3n) is 2.15. The molecule has 0 saturated carbocycles. The van der Waals surface area contributed by atoms with Gasteiger partial charge < -0.3 is 10.5 Å². The zero-order valence-electron chi connectivity index (χ0n) is 8.88. The van der Waals surface area contributed by atoms with E-state index in [0.29, 0.717) is 0 Å². The lowest BCUT2D eigenvalue weighted by Crippen LogP contribution is -1.93. The van der Waals surface area contributed by atoms with Gasteiger partial charge in [-0.25, -0.2) is 8.78 Å². The van der Waals surface area contributed by atoms with Crippen molar-refractivity contribution in [2.75, 3.05) is 5.73 Å². The van der Waals surface area contributed by atoms with Crippen LogP contribution in [0.2, 0.25) is 5.02 Å². The van der Waals surface area contributed by atoms with Crippen molar-refractivity contribution in [3.8, 4) is 11.5 Å². The van der Waals surface area contributed by atoms with E-state index in [9.17, 15) is 8.78 Å². The maximum atomic E-state index is 13.5. The lowest BCUT2D eigenvalue weighted by molar-refractivity contribution is 0.439. The molecule has 2 N–H and O–H groups in total. The summed E-state index contributed by atoms with van der Waals surface area (Å²) in [5, 5.41) is 0.166. The number of anilines is 1. The van der Waals surface area contributed by atoms with Gasteiger partial charge in [0.25, 0.3) is 0 Å².